The van der Waals surface area contributed by atoms with Crippen LogP contribution in [-0.4, -0.2) is 68.7 Å². The van der Waals surface area contributed by atoms with Gasteiger partial charge in [0.05, 0.1) is 10.9 Å². The Hall–Kier alpha value is -2.09. The van der Waals surface area contributed by atoms with Gasteiger partial charge in [-0.05, 0) is 35.7 Å². The highest BCUT2D eigenvalue weighted by molar-refractivity contribution is 7.99. The topological polar surface area (TPSA) is 67.2 Å². The number of piperazine rings is 1. The van der Waals surface area contributed by atoms with Gasteiger partial charge in [0.15, 0.2) is 0 Å². The third-order valence-corrected chi connectivity index (χ3v) is 4.94. The predicted octanol–water partition coefficient (Wildman–Crippen LogP) is 1.06. The van der Waals surface area contributed by atoms with Gasteiger partial charge in [-0.2, -0.15) is 16.4 Å². The molecule has 1 aliphatic rings. The van der Waals surface area contributed by atoms with Crippen LogP contribution in [0.1, 0.15) is 6.92 Å². The Bertz CT molecular complexity index is 653. The summed E-state index contributed by atoms with van der Waals surface area (Å²) in [7, 11) is 0. The molecule has 1 amide bonds. The Kier molecular flexibility index (Phi) is 4.80. The quantitative estimate of drug-likeness (QED) is 0.834. The minimum absolute atomic E-state index is 0.0104. The van der Waals surface area contributed by atoms with Crippen LogP contribution in [0.5, 0.6) is 0 Å². The average Bonchev–Trinajstić information content (AvgIpc) is 3.11. The number of carbonyl (C=O) groups is 1. The lowest BCUT2D eigenvalue weighted by Crippen LogP contribution is -2.51. The summed E-state index contributed by atoms with van der Waals surface area (Å²) in [6, 6.07) is 9.83. The van der Waals surface area contributed by atoms with Crippen LogP contribution in [0.25, 0.3) is 5.69 Å². The number of carbonyl (C=O) groups excluding carboxylic acids is 1. The number of tetrazole rings is 1. The van der Waals surface area contributed by atoms with E-state index in [4.69, 9.17) is 0 Å². The molecule has 7 nitrogen and oxygen atoms in total. The van der Waals surface area contributed by atoms with Crippen molar-refractivity contribution >= 4 is 23.6 Å². The van der Waals surface area contributed by atoms with Crippen molar-refractivity contribution in [1.29, 1.82) is 0 Å². The molecule has 0 saturated carbocycles. The first-order valence-electron chi connectivity index (χ1n) is 7.61. The first kappa shape index (κ1) is 15.8. The monoisotopic (exact) mass is 332 g/mol. The second kappa shape index (κ2) is 6.99. The lowest BCUT2D eigenvalue weighted by molar-refractivity contribution is -0.130. The molecule has 8 heteroatoms. The number of hydrogen-bond acceptors (Lipinski definition) is 6. The molecule has 1 atom stereocenters. The molecule has 1 aromatic heterocycles. The second-order valence-electron chi connectivity index (χ2n) is 5.42. The van der Waals surface area contributed by atoms with Crippen molar-refractivity contribution in [3.8, 4) is 5.69 Å². The summed E-state index contributed by atoms with van der Waals surface area (Å²) in [6.07, 6.45) is 1.97. The number of benzene rings is 1. The molecule has 1 aromatic carbocycles. The second-order valence-corrected chi connectivity index (χ2v) is 6.60. The Morgan fingerprint density at radius 3 is 2.52 bits per heavy atom. The van der Waals surface area contributed by atoms with Crippen LogP contribution in [0, 0.1) is 0 Å². The number of hydrogen-bond donors (Lipinski definition) is 0. The van der Waals surface area contributed by atoms with Crippen LogP contribution in [-0.2, 0) is 4.79 Å². The molecule has 0 aliphatic carbocycles. The van der Waals surface area contributed by atoms with Crippen molar-refractivity contribution in [1.82, 2.24) is 25.1 Å². The van der Waals surface area contributed by atoms with Crippen molar-refractivity contribution in [3.63, 3.8) is 0 Å². The predicted molar refractivity (Wildman–Crippen MR) is 90.9 cm³/mol. The summed E-state index contributed by atoms with van der Waals surface area (Å²) >= 11 is 1.58. The molecule has 3 rings (SSSR count). The van der Waals surface area contributed by atoms with Gasteiger partial charge in [-0.15, -0.1) is 0 Å². The molecule has 2 aromatic rings. The van der Waals surface area contributed by atoms with Crippen LogP contribution in [0.2, 0.25) is 0 Å². The summed E-state index contributed by atoms with van der Waals surface area (Å²) < 4.78 is 1.74. The molecule has 2 heterocycles. The number of thioether (sulfide) groups is 1. The van der Waals surface area contributed by atoms with Crippen LogP contribution in [0.3, 0.4) is 0 Å². The SMILES string of the molecule is CSC(C)C(=O)N1CCN(c2nnnn2-c2ccccc2)CC1. The van der Waals surface area contributed by atoms with Gasteiger partial charge < -0.3 is 9.80 Å². The minimum Gasteiger partial charge on any atom is -0.338 e. The lowest BCUT2D eigenvalue weighted by atomic mass is 10.3. The molecule has 1 saturated heterocycles. The van der Waals surface area contributed by atoms with E-state index in [9.17, 15) is 4.79 Å². The number of anilines is 1. The third-order valence-electron chi connectivity index (χ3n) is 4.03. The molecule has 0 bridgehead atoms. The summed E-state index contributed by atoms with van der Waals surface area (Å²) in [4.78, 5) is 16.3. The first-order valence-corrected chi connectivity index (χ1v) is 8.90. The van der Waals surface area contributed by atoms with Crippen LogP contribution in [0.4, 0.5) is 5.95 Å². The van der Waals surface area contributed by atoms with Gasteiger partial charge in [0.2, 0.25) is 11.9 Å². The number of amides is 1. The molecule has 1 aliphatic heterocycles. The Balaban J connectivity index is 1.70. The zero-order valence-corrected chi connectivity index (χ0v) is 14.1. The van der Waals surface area contributed by atoms with E-state index in [1.165, 1.54) is 0 Å². The molecule has 0 N–H and O–H groups in total. The zero-order chi connectivity index (χ0) is 16.2. The van der Waals surface area contributed by atoms with E-state index >= 15 is 0 Å². The smallest absolute Gasteiger partial charge is 0.250 e. The summed E-state index contributed by atoms with van der Waals surface area (Å²) in [5.74, 6) is 0.931. The van der Waals surface area contributed by atoms with E-state index in [1.54, 1.807) is 16.4 Å². The van der Waals surface area contributed by atoms with E-state index in [0.29, 0.717) is 13.1 Å². The maximum Gasteiger partial charge on any atom is 0.250 e. The van der Waals surface area contributed by atoms with Gasteiger partial charge in [0.25, 0.3) is 0 Å². The summed E-state index contributed by atoms with van der Waals surface area (Å²) in [5.41, 5.74) is 0.932. The Morgan fingerprint density at radius 1 is 1.17 bits per heavy atom. The van der Waals surface area contributed by atoms with Crippen molar-refractivity contribution in [2.24, 2.45) is 0 Å². The maximum absolute atomic E-state index is 12.3. The van der Waals surface area contributed by atoms with Gasteiger partial charge in [-0.25, -0.2) is 0 Å². The fourth-order valence-electron chi connectivity index (χ4n) is 2.60. The molecule has 0 spiro atoms. The third kappa shape index (κ3) is 3.31. The van der Waals surface area contributed by atoms with Crippen molar-refractivity contribution in [2.45, 2.75) is 12.2 Å². The van der Waals surface area contributed by atoms with Crippen LogP contribution in [0.15, 0.2) is 30.3 Å². The van der Waals surface area contributed by atoms with E-state index in [-0.39, 0.29) is 11.2 Å². The molecule has 1 unspecified atom stereocenters. The highest BCUT2D eigenvalue weighted by Gasteiger charge is 2.26. The number of nitrogens with zero attached hydrogens (tertiary/aromatic N) is 6. The fraction of sp³-hybridized carbons (Fsp3) is 0.467. The maximum atomic E-state index is 12.3. The van der Waals surface area contributed by atoms with Gasteiger partial charge in [-0.1, -0.05) is 23.3 Å². The Morgan fingerprint density at radius 2 is 1.87 bits per heavy atom. The van der Waals surface area contributed by atoms with Gasteiger partial charge in [0.1, 0.15) is 0 Å². The number of rotatable bonds is 4. The first-order chi connectivity index (χ1) is 11.2. The highest BCUT2D eigenvalue weighted by atomic mass is 32.2. The molecule has 0 radical (unpaired) electrons. The van der Waals surface area contributed by atoms with E-state index in [1.807, 2.05) is 48.4 Å². The van der Waals surface area contributed by atoms with E-state index in [0.717, 1.165) is 24.7 Å². The van der Waals surface area contributed by atoms with Gasteiger partial charge >= 0.3 is 0 Å². The molecular formula is C15H20N6OS. The molecule has 1 fully saturated rings. The standard InChI is InChI=1S/C15H20N6OS/c1-12(23-2)14(22)19-8-10-20(11-9-19)15-16-17-18-21(15)13-6-4-3-5-7-13/h3-7,12H,8-11H2,1-2H3. The fourth-order valence-corrected chi connectivity index (χ4v) is 2.95. The Labute approximate surface area is 139 Å². The summed E-state index contributed by atoms with van der Waals surface area (Å²) in [5, 5.41) is 12.1. The number of para-hydroxylation sites is 1. The van der Waals surface area contributed by atoms with Gasteiger partial charge in [-0.3, -0.25) is 4.79 Å². The van der Waals surface area contributed by atoms with Crippen molar-refractivity contribution in [2.75, 3.05) is 37.3 Å². The summed E-state index contributed by atoms with van der Waals surface area (Å²) in [6.45, 7) is 4.83. The molecule has 122 valence electrons. The molecular weight excluding hydrogens is 312 g/mol. The van der Waals surface area contributed by atoms with E-state index in [2.05, 4.69) is 20.4 Å². The lowest BCUT2D eigenvalue weighted by Gasteiger charge is -2.35. The zero-order valence-electron chi connectivity index (χ0n) is 13.3. The van der Waals surface area contributed by atoms with Crippen LogP contribution < -0.4 is 4.90 Å². The van der Waals surface area contributed by atoms with E-state index < -0.39 is 0 Å². The minimum atomic E-state index is 0.0104. The van der Waals surface area contributed by atoms with Crippen molar-refractivity contribution in [3.05, 3.63) is 30.3 Å². The normalized spacial score (nSPS) is 16.4. The average molecular weight is 332 g/mol. The number of aromatic nitrogens is 4. The largest absolute Gasteiger partial charge is 0.338 e. The van der Waals surface area contributed by atoms with Crippen LogP contribution >= 0.6 is 11.8 Å². The van der Waals surface area contributed by atoms with Gasteiger partial charge in [0, 0.05) is 26.2 Å². The highest BCUT2D eigenvalue weighted by Crippen LogP contribution is 2.18. The molecule has 23 heavy (non-hydrogen) atoms. The van der Waals surface area contributed by atoms with Crippen molar-refractivity contribution < 1.29 is 4.79 Å².